The number of alkyl halides is 3. The van der Waals surface area contributed by atoms with Gasteiger partial charge < -0.3 is 10.2 Å². The van der Waals surface area contributed by atoms with Crippen LogP contribution in [-0.2, 0) is 21.0 Å². The fourth-order valence-corrected chi connectivity index (χ4v) is 9.61. The van der Waals surface area contributed by atoms with Crippen LogP contribution in [0, 0.1) is 44.9 Å². The van der Waals surface area contributed by atoms with Crippen molar-refractivity contribution in [2.75, 3.05) is 13.1 Å². The van der Waals surface area contributed by atoms with Gasteiger partial charge in [-0.25, -0.2) is 32.4 Å². The number of nitrogens with two attached hydrogens (primary N) is 1. The summed E-state index contributed by atoms with van der Waals surface area (Å²) >= 11 is 0. The Morgan fingerprint density at radius 3 is 2.17 bits per heavy atom. The third-order valence-corrected chi connectivity index (χ3v) is 13.3. The summed E-state index contributed by atoms with van der Waals surface area (Å²) in [5.74, 6) is -0.164. The van der Waals surface area contributed by atoms with Crippen LogP contribution < -0.4 is 16.1 Å². The number of nitrogens with zero attached hydrogens (tertiary/aromatic N) is 6. The van der Waals surface area contributed by atoms with Crippen LogP contribution in [0.5, 0.6) is 0 Å². The fourth-order valence-electron chi connectivity index (χ4n) is 8.74. The number of nitrogens with one attached hydrogen (secondary N) is 1. The molecule has 0 radical (unpaired) electrons. The van der Waals surface area contributed by atoms with Gasteiger partial charge in [0, 0.05) is 25.0 Å². The second kappa shape index (κ2) is 16.2. The van der Waals surface area contributed by atoms with Crippen molar-refractivity contribution in [1.29, 1.82) is 5.26 Å². The number of halogens is 3. The molecular formula is C43H45F3N8O5S. The standard InChI is InChI=1S/C43H45F3N8O5S/c1-25-26(2)36(23-38(27(25)3)60(48,58)59)30-17-20-51(21-18-30)40(55)31-10-12-33(13-11-31)50-41(56)53-39(37-16-19-49-54(37)34-14-8-29(24-47)9-15-34)28(4)52(42(53)57)35-7-5-6-32(22-35)43(44,45)46/h5-9,14-16,19,22-23,30-31,33H,10-13,17-18,20-21H2,1-4H3,(H,50,56)(H2,48,58,59). The highest BCUT2D eigenvalue weighted by Crippen LogP contribution is 2.37. The number of rotatable bonds is 7. The minimum absolute atomic E-state index is 0.0311. The van der Waals surface area contributed by atoms with Crippen LogP contribution in [-0.4, -0.2) is 63.3 Å². The Kier molecular flexibility index (Phi) is 11.4. The number of nitriles is 1. The predicted molar refractivity (Wildman–Crippen MR) is 217 cm³/mol. The van der Waals surface area contributed by atoms with Crippen LogP contribution in [0.1, 0.15) is 83.5 Å². The second-order valence-electron chi connectivity index (χ2n) is 15.7. The van der Waals surface area contributed by atoms with Crippen molar-refractivity contribution in [2.45, 2.75) is 89.3 Å². The Bertz CT molecular complexity index is 2700. The zero-order valence-electron chi connectivity index (χ0n) is 33.6. The van der Waals surface area contributed by atoms with E-state index in [1.807, 2.05) is 18.7 Å². The highest BCUT2D eigenvalue weighted by atomic mass is 32.2. The van der Waals surface area contributed by atoms with Gasteiger partial charge in [0.1, 0.15) is 5.69 Å². The Labute approximate surface area is 345 Å². The molecular weight excluding hydrogens is 798 g/mol. The zero-order chi connectivity index (χ0) is 43.3. The van der Waals surface area contributed by atoms with E-state index in [0.717, 1.165) is 38.0 Å². The van der Waals surface area contributed by atoms with E-state index in [4.69, 9.17) is 5.14 Å². The Morgan fingerprint density at radius 1 is 0.883 bits per heavy atom. The van der Waals surface area contributed by atoms with E-state index in [9.17, 15) is 41.2 Å². The maximum Gasteiger partial charge on any atom is 0.416 e. The Morgan fingerprint density at radius 2 is 1.55 bits per heavy atom. The van der Waals surface area contributed by atoms with Crippen LogP contribution in [0.15, 0.2) is 76.6 Å². The van der Waals surface area contributed by atoms with Crippen molar-refractivity contribution in [3.63, 3.8) is 0 Å². The first kappa shape index (κ1) is 42.1. The van der Waals surface area contributed by atoms with E-state index < -0.39 is 39.5 Å². The molecule has 2 fully saturated rings. The summed E-state index contributed by atoms with van der Waals surface area (Å²) in [6.45, 7) is 8.21. The maximum atomic E-state index is 14.3. The van der Waals surface area contributed by atoms with E-state index >= 15 is 0 Å². The predicted octanol–water partition coefficient (Wildman–Crippen LogP) is 6.79. The smallest absolute Gasteiger partial charge is 0.342 e. The molecule has 13 nitrogen and oxygen atoms in total. The molecule has 0 atom stereocenters. The molecule has 7 rings (SSSR count). The fraction of sp³-hybridized carbons (Fsp3) is 0.372. The van der Waals surface area contributed by atoms with Crippen molar-refractivity contribution in [3.8, 4) is 28.8 Å². The summed E-state index contributed by atoms with van der Waals surface area (Å²) in [7, 11) is -3.90. The number of piperidine rings is 1. The number of aromatic nitrogens is 4. The van der Waals surface area contributed by atoms with E-state index in [-0.39, 0.29) is 39.7 Å². The molecule has 2 aromatic heterocycles. The molecule has 5 aromatic rings. The molecule has 17 heteroatoms. The van der Waals surface area contributed by atoms with Gasteiger partial charge in [0.15, 0.2) is 0 Å². The monoisotopic (exact) mass is 842 g/mol. The van der Waals surface area contributed by atoms with Crippen LogP contribution in [0.4, 0.5) is 18.0 Å². The summed E-state index contributed by atoms with van der Waals surface area (Å²) in [5.41, 5.74) is 3.11. The van der Waals surface area contributed by atoms with Crippen molar-refractivity contribution in [3.05, 3.63) is 116 Å². The summed E-state index contributed by atoms with van der Waals surface area (Å²) in [6, 6.07) is 15.0. The third kappa shape index (κ3) is 8.01. The first-order valence-corrected chi connectivity index (χ1v) is 21.2. The van der Waals surface area contributed by atoms with E-state index in [0.29, 0.717) is 74.1 Å². The van der Waals surface area contributed by atoms with Gasteiger partial charge in [-0.15, -0.1) is 0 Å². The summed E-state index contributed by atoms with van der Waals surface area (Å²) < 4.78 is 69.5. The van der Waals surface area contributed by atoms with Gasteiger partial charge in [0.25, 0.3) is 0 Å². The Hall–Kier alpha value is -5.99. The lowest BCUT2D eigenvalue weighted by Crippen LogP contribution is -2.46. The summed E-state index contributed by atoms with van der Waals surface area (Å²) in [5, 5.41) is 22.2. The van der Waals surface area contributed by atoms with Crippen molar-refractivity contribution in [2.24, 2.45) is 11.1 Å². The minimum atomic E-state index is -4.68. The first-order valence-electron chi connectivity index (χ1n) is 19.7. The van der Waals surface area contributed by atoms with Gasteiger partial charge in [0.05, 0.1) is 51.1 Å². The molecule has 0 unspecified atom stereocenters. The molecule has 3 heterocycles. The molecule has 3 N–H and O–H groups in total. The van der Waals surface area contributed by atoms with E-state index in [1.165, 1.54) is 23.0 Å². The number of sulfonamides is 1. The number of benzene rings is 3. The molecule has 3 aromatic carbocycles. The summed E-state index contributed by atoms with van der Waals surface area (Å²) in [6.07, 6.45) is 0.0373. The van der Waals surface area contributed by atoms with Crippen molar-refractivity contribution >= 4 is 22.0 Å². The van der Waals surface area contributed by atoms with Gasteiger partial charge in [0.2, 0.25) is 15.9 Å². The molecule has 60 heavy (non-hydrogen) atoms. The zero-order valence-corrected chi connectivity index (χ0v) is 34.4. The van der Waals surface area contributed by atoms with Gasteiger partial charge >= 0.3 is 17.9 Å². The number of hydrogen-bond donors (Lipinski definition) is 2. The third-order valence-electron chi connectivity index (χ3n) is 12.2. The van der Waals surface area contributed by atoms with Crippen LogP contribution in [0.3, 0.4) is 0 Å². The quantitative estimate of drug-likeness (QED) is 0.181. The van der Waals surface area contributed by atoms with Crippen LogP contribution in [0.2, 0.25) is 0 Å². The second-order valence-corrected chi connectivity index (χ2v) is 17.2. The first-order chi connectivity index (χ1) is 28.4. The highest BCUT2D eigenvalue weighted by Gasteiger charge is 2.35. The number of carbonyl (C=O) groups is 2. The van der Waals surface area contributed by atoms with E-state index in [1.54, 1.807) is 50.2 Å². The molecule has 1 aliphatic heterocycles. The largest absolute Gasteiger partial charge is 0.416 e. The molecule has 2 amide bonds. The number of hydrogen-bond acceptors (Lipinski definition) is 7. The lowest BCUT2D eigenvalue weighted by Gasteiger charge is -2.37. The van der Waals surface area contributed by atoms with Crippen molar-refractivity contribution in [1.82, 2.24) is 29.1 Å². The number of primary sulfonamides is 1. The molecule has 0 bridgehead atoms. The summed E-state index contributed by atoms with van der Waals surface area (Å²) in [4.78, 5) is 44.2. The van der Waals surface area contributed by atoms with E-state index in [2.05, 4.69) is 16.5 Å². The lowest BCUT2D eigenvalue weighted by atomic mass is 9.82. The molecule has 1 aliphatic carbocycles. The van der Waals surface area contributed by atoms with Gasteiger partial charge in [-0.3, -0.25) is 9.36 Å². The molecule has 2 aliphatic rings. The van der Waals surface area contributed by atoms with Crippen LogP contribution >= 0.6 is 0 Å². The minimum Gasteiger partial charge on any atom is -0.342 e. The number of imidazole rings is 1. The average molecular weight is 843 g/mol. The Balaban J connectivity index is 1.09. The van der Waals surface area contributed by atoms with Gasteiger partial charge in [-0.2, -0.15) is 23.5 Å². The van der Waals surface area contributed by atoms with Crippen LogP contribution in [0.25, 0.3) is 22.8 Å². The lowest BCUT2D eigenvalue weighted by molar-refractivity contribution is -0.138. The SMILES string of the molecule is Cc1c(C2CCN(C(=O)C3CCC(NC(=O)n4c(-c5ccnn5-c5ccc(C#N)cc5)c(C)n(-c5cccc(C(F)(F)F)c5)c4=O)CC3)CC2)cc(S(N)(=O)=O)c(C)c1C. The number of likely N-dealkylation sites (tertiary alicyclic amines) is 1. The molecule has 0 spiro atoms. The molecule has 1 saturated heterocycles. The van der Waals surface area contributed by atoms with Gasteiger partial charge in [-0.05, 0) is 149 Å². The number of carbonyl (C=O) groups excluding carboxylic acids is 2. The van der Waals surface area contributed by atoms with Gasteiger partial charge in [-0.1, -0.05) is 6.07 Å². The number of amides is 2. The maximum absolute atomic E-state index is 14.3. The average Bonchev–Trinajstić information content (AvgIpc) is 3.80. The normalized spacial score (nSPS) is 17.7. The molecule has 314 valence electrons. The molecule has 1 saturated carbocycles. The topological polar surface area (TPSA) is 178 Å². The highest BCUT2D eigenvalue weighted by molar-refractivity contribution is 7.89. The van der Waals surface area contributed by atoms with Crippen molar-refractivity contribution < 1.29 is 31.2 Å².